The number of nitrogens with zero attached hydrogens (tertiary/aromatic N) is 1. The van der Waals surface area contributed by atoms with Crippen LogP contribution in [0, 0.1) is 13.8 Å². The number of hydrogen-bond donors (Lipinski definition) is 0. The molecule has 0 radical (unpaired) electrons. The molecular weight excluding hydrogens is 230 g/mol. The Kier molecular flexibility index (Phi) is 2.58. The van der Waals surface area contributed by atoms with E-state index >= 15 is 0 Å². The van der Waals surface area contributed by atoms with E-state index in [4.69, 9.17) is 4.11 Å². The molecule has 0 aliphatic heterocycles. The monoisotopic (exact) mass is 257 g/mol. The summed E-state index contributed by atoms with van der Waals surface area (Å²) in [4.78, 5) is 0. The van der Waals surface area contributed by atoms with Gasteiger partial charge in [-0.1, -0.05) is 38.5 Å². The van der Waals surface area contributed by atoms with E-state index in [1.165, 1.54) is 5.56 Å². The zero-order valence-corrected chi connectivity index (χ0v) is 12.4. The molecule has 1 heteroatoms. The summed E-state index contributed by atoms with van der Waals surface area (Å²) in [6.45, 7) is 6.48. The maximum absolute atomic E-state index is 7.53. The SMILES string of the molecule is [2H]C([2H])([2H])c1ccc(-c2cc(C(C)(C)C)cc[n+]2C)c(C)c1. The van der Waals surface area contributed by atoms with Crippen molar-refractivity contribution in [2.75, 3.05) is 0 Å². The van der Waals surface area contributed by atoms with E-state index < -0.39 is 6.85 Å². The Balaban J connectivity index is 2.57. The van der Waals surface area contributed by atoms with E-state index in [0.29, 0.717) is 5.56 Å². The van der Waals surface area contributed by atoms with Crippen LogP contribution in [0.25, 0.3) is 11.3 Å². The van der Waals surface area contributed by atoms with E-state index in [1.54, 1.807) is 12.1 Å². The lowest BCUT2D eigenvalue weighted by Crippen LogP contribution is -2.31. The van der Waals surface area contributed by atoms with E-state index in [-0.39, 0.29) is 5.41 Å². The Bertz CT molecular complexity index is 694. The van der Waals surface area contributed by atoms with Gasteiger partial charge in [-0.3, -0.25) is 0 Å². The average molecular weight is 257 g/mol. The van der Waals surface area contributed by atoms with E-state index in [0.717, 1.165) is 16.8 Å². The molecule has 0 bridgehead atoms. The third-order valence-corrected chi connectivity index (χ3v) is 3.52. The van der Waals surface area contributed by atoms with Crippen LogP contribution >= 0.6 is 0 Å². The van der Waals surface area contributed by atoms with Gasteiger partial charge in [0.2, 0.25) is 5.69 Å². The molecule has 2 rings (SSSR count). The van der Waals surface area contributed by atoms with Gasteiger partial charge in [-0.2, -0.15) is 0 Å². The van der Waals surface area contributed by atoms with Gasteiger partial charge >= 0.3 is 0 Å². The van der Waals surface area contributed by atoms with Crippen LogP contribution in [0.15, 0.2) is 36.5 Å². The minimum absolute atomic E-state index is 0.0789. The molecule has 100 valence electrons. The molecule has 1 aromatic carbocycles. The number of aromatic nitrogens is 1. The first kappa shape index (κ1) is 10.2. The lowest BCUT2D eigenvalue weighted by atomic mass is 9.86. The topological polar surface area (TPSA) is 3.88 Å². The fourth-order valence-electron chi connectivity index (χ4n) is 2.25. The van der Waals surface area contributed by atoms with Gasteiger partial charge in [-0.15, -0.1) is 0 Å². The van der Waals surface area contributed by atoms with Crippen molar-refractivity contribution in [2.45, 2.75) is 40.0 Å². The quantitative estimate of drug-likeness (QED) is 0.677. The lowest BCUT2D eigenvalue weighted by molar-refractivity contribution is -0.660. The summed E-state index contributed by atoms with van der Waals surface area (Å²) >= 11 is 0. The standard InChI is InChI=1S/C18H24N/c1-13-7-8-16(14(2)11-13)17-12-15(18(3,4)5)9-10-19(17)6/h7-12H,1-6H3/q+1/i1D3. The second-order valence-corrected chi connectivity index (χ2v) is 6.19. The van der Waals surface area contributed by atoms with Crippen molar-refractivity contribution in [3.05, 3.63) is 53.2 Å². The molecule has 0 aliphatic carbocycles. The molecular formula is C18H24N+. The molecule has 2 aromatic rings. The van der Waals surface area contributed by atoms with Crippen LogP contribution in [0.5, 0.6) is 0 Å². The van der Waals surface area contributed by atoms with Crippen LogP contribution in [0.2, 0.25) is 0 Å². The molecule has 1 aromatic heterocycles. The molecule has 0 saturated heterocycles. The van der Waals surface area contributed by atoms with Crippen LogP contribution < -0.4 is 4.57 Å². The molecule has 0 N–H and O–H groups in total. The molecule has 0 unspecified atom stereocenters. The molecule has 1 nitrogen and oxygen atoms in total. The van der Waals surface area contributed by atoms with Crippen LogP contribution in [-0.4, -0.2) is 0 Å². The maximum atomic E-state index is 7.53. The van der Waals surface area contributed by atoms with Crippen molar-refractivity contribution in [1.82, 2.24) is 0 Å². The van der Waals surface area contributed by atoms with E-state index in [9.17, 15) is 0 Å². The van der Waals surface area contributed by atoms with E-state index in [2.05, 4.69) is 43.7 Å². The highest BCUT2D eigenvalue weighted by Gasteiger charge is 2.19. The van der Waals surface area contributed by atoms with E-state index in [1.807, 2.05) is 20.0 Å². The molecule has 0 spiro atoms. The third kappa shape index (κ3) is 2.86. The summed E-state index contributed by atoms with van der Waals surface area (Å²) in [5.41, 5.74) is 4.89. The van der Waals surface area contributed by atoms with Gasteiger partial charge in [0.1, 0.15) is 7.05 Å². The number of hydrogen-bond acceptors (Lipinski definition) is 0. The van der Waals surface area contributed by atoms with Crippen molar-refractivity contribution >= 4 is 0 Å². The Morgan fingerprint density at radius 1 is 1.11 bits per heavy atom. The van der Waals surface area contributed by atoms with Crippen molar-refractivity contribution in [1.29, 1.82) is 0 Å². The minimum Gasteiger partial charge on any atom is -0.201 e. The number of rotatable bonds is 1. The van der Waals surface area contributed by atoms with Gasteiger partial charge < -0.3 is 0 Å². The summed E-state index contributed by atoms with van der Waals surface area (Å²) < 4.78 is 24.7. The Morgan fingerprint density at radius 2 is 1.84 bits per heavy atom. The van der Waals surface area contributed by atoms with Gasteiger partial charge in [0.15, 0.2) is 6.20 Å². The number of aryl methyl sites for hydroxylation is 3. The predicted molar refractivity (Wildman–Crippen MR) is 81.2 cm³/mol. The summed E-state index contributed by atoms with van der Waals surface area (Å²) in [6, 6.07) is 9.72. The minimum atomic E-state index is -2.06. The maximum Gasteiger partial charge on any atom is 0.212 e. The lowest BCUT2D eigenvalue weighted by Gasteiger charge is -2.19. The van der Waals surface area contributed by atoms with Gasteiger partial charge in [0.05, 0.1) is 0 Å². The molecule has 0 saturated carbocycles. The third-order valence-electron chi connectivity index (χ3n) is 3.52. The second kappa shape index (κ2) is 4.80. The highest BCUT2D eigenvalue weighted by atomic mass is 14.9. The van der Waals surface area contributed by atoms with Crippen molar-refractivity contribution in [3.63, 3.8) is 0 Å². The summed E-state index contributed by atoms with van der Waals surface area (Å²) in [5, 5.41) is 0. The van der Waals surface area contributed by atoms with Crippen LogP contribution in [0.1, 0.15) is 41.6 Å². The molecule has 19 heavy (non-hydrogen) atoms. The highest BCUT2D eigenvalue weighted by Crippen LogP contribution is 2.27. The molecule has 0 atom stereocenters. The first-order chi connectivity index (χ1) is 10.00. The zero-order chi connectivity index (χ0) is 16.7. The Morgan fingerprint density at radius 3 is 2.42 bits per heavy atom. The normalized spacial score (nSPS) is 14.7. The fourth-order valence-corrected chi connectivity index (χ4v) is 2.25. The fraction of sp³-hybridized carbons (Fsp3) is 0.389. The van der Waals surface area contributed by atoms with Gasteiger partial charge in [-0.05, 0) is 36.4 Å². The van der Waals surface area contributed by atoms with Gasteiger partial charge in [-0.25, -0.2) is 4.57 Å². The first-order valence-electron chi connectivity index (χ1n) is 8.12. The predicted octanol–water partition coefficient (Wildman–Crippen LogP) is 4.09. The smallest absolute Gasteiger partial charge is 0.201 e. The molecule has 0 fully saturated rings. The van der Waals surface area contributed by atoms with Crippen LogP contribution in [0.4, 0.5) is 0 Å². The van der Waals surface area contributed by atoms with Crippen molar-refractivity contribution in [2.24, 2.45) is 7.05 Å². The van der Waals surface area contributed by atoms with Crippen molar-refractivity contribution in [3.8, 4) is 11.3 Å². The largest absolute Gasteiger partial charge is 0.212 e. The van der Waals surface area contributed by atoms with Gasteiger partial charge in [0, 0.05) is 21.8 Å². The molecule has 0 aliphatic rings. The number of pyridine rings is 1. The Hall–Kier alpha value is -1.63. The summed E-state index contributed by atoms with van der Waals surface area (Å²) in [6.07, 6.45) is 2.06. The summed E-state index contributed by atoms with van der Waals surface area (Å²) in [7, 11) is 2.01. The van der Waals surface area contributed by atoms with Crippen molar-refractivity contribution < 1.29 is 8.68 Å². The molecule has 1 heterocycles. The van der Waals surface area contributed by atoms with Gasteiger partial charge in [0.25, 0.3) is 0 Å². The van der Waals surface area contributed by atoms with Crippen LogP contribution in [-0.2, 0) is 12.5 Å². The highest BCUT2D eigenvalue weighted by molar-refractivity contribution is 5.62. The average Bonchev–Trinajstić information content (AvgIpc) is 2.37. The summed E-state index contributed by atoms with van der Waals surface area (Å²) in [5.74, 6) is 0. The second-order valence-electron chi connectivity index (χ2n) is 6.19. The van der Waals surface area contributed by atoms with Crippen LogP contribution in [0.3, 0.4) is 0 Å². The zero-order valence-electron chi connectivity index (χ0n) is 15.4. The number of benzene rings is 1. The molecule has 0 amide bonds. The Labute approximate surface area is 121 Å². The first-order valence-corrected chi connectivity index (χ1v) is 6.62.